The number of hydrogen-bond acceptors (Lipinski definition) is 4. The number of sulfone groups is 1. The normalized spacial score (nSPS) is 22.6. The van der Waals surface area contributed by atoms with Crippen LogP contribution in [0, 0.1) is 5.41 Å². The van der Waals surface area contributed by atoms with Crippen molar-refractivity contribution in [2.45, 2.75) is 38.3 Å². The van der Waals surface area contributed by atoms with Crippen LogP contribution in [-0.2, 0) is 16.4 Å². The second-order valence-corrected chi connectivity index (χ2v) is 10.3. The summed E-state index contributed by atoms with van der Waals surface area (Å²) in [5.74, 6) is 1.03. The van der Waals surface area contributed by atoms with E-state index in [4.69, 9.17) is 0 Å². The molecular weight excluding hydrogens is 360 g/mol. The van der Waals surface area contributed by atoms with Gasteiger partial charge in [-0.2, -0.15) is 0 Å². The predicted octanol–water partition coefficient (Wildman–Crippen LogP) is 1.64. The number of hydrogen-bond donors (Lipinski definition) is 2. The van der Waals surface area contributed by atoms with Crippen LogP contribution in [-0.4, -0.2) is 64.0 Å². The first-order valence-corrected chi connectivity index (χ1v) is 11.9. The number of benzene rings is 1. The van der Waals surface area contributed by atoms with Gasteiger partial charge in [0, 0.05) is 44.4 Å². The molecule has 2 fully saturated rings. The highest BCUT2D eigenvalue weighted by Crippen LogP contribution is 2.45. The second-order valence-electron chi connectivity index (χ2n) is 8.13. The van der Waals surface area contributed by atoms with Gasteiger partial charge < -0.3 is 10.6 Å². The number of rotatable bonds is 8. The van der Waals surface area contributed by atoms with Crippen molar-refractivity contribution in [1.29, 1.82) is 0 Å². The first kappa shape index (κ1) is 20.1. The molecule has 150 valence electrons. The third-order valence-corrected chi connectivity index (χ3v) is 6.75. The number of guanidine groups is 1. The molecule has 1 unspecified atom stereocenters. The molecule has 1 atom stereocenters. The summed E-state index contributed by atoms with van der Waals surface area (Å²) >= 11 is 0. The topological polar surface area (TPSA) is 73.8 Å². The summed E-state index contributed by atoms with van der Waals surface area (Å²) in [6.07, 6.45) is 5.67. The fraction of sp³-hybridized carbons (Fsp3) is 0.650. The molecule has 0 radical (unpaired) electrons. The first-order chi connectivity index (χ1) is 12.9. The molecule has 1 aromatic rings. The van der Waals surface area contributed by atoms with Gasteiger partial charge in [-0.05, 0) is 37.8 Å². The van der Waals surface area contributed by atoms with Crippen LogP contribution in [0.5, 0.6) is 0 Å². The van der Waals surface area contributed by atoms with E-state index in [9.17, 15) is 8.42 Å². The molecule has 1 aliphatic heterocycles. The van der Waals surface area contributed by atoms with E-state index in [1.807, 2.05) is 0 Å². The Hall–Kier alpha value is -1.60. The maximum atomic E-state index is 11.6. The molecule has 0 amide bonds. The predicted molar refractivity (Wildman–Crippen MR) is 111 cm³/mol. The Labute approximate surface area is 163 Å². The molecule has 7 heteroatoms. The maximum absolute atomic E-state index is 11.6. The molecule has 1 heterocycles. The van der Waals surface area contributed by atoms with Gasteiger partial charge in [0.05, 0.1) is 5.75 Å². The van der Waals surface area contributed by atoms with Crippen LogP contribution >= 0.6 is 0 Å². The summed E-state index contributed by atoms with van der Waals surface area (Å²) in [6.45, 7) is 3.63. The molecule has 2 aliphatic rings. The van der Waals surface area contributed by atoms with Crippen LogP contribution < -0.4 is 10.6 Å². The molecule has 2 N–H and O–H groups in total. The number of nitrogens with one attached hydrogen (secondary N) is 2. The van der Waals surface area contributed by atoms with Crippen LogP contribution in [0.25, 0.3) is 0 Å². The summed E-state index contributed by atoms with van der Waals surface area (Å²) in [5.41, 5.74) is 1.25. The van der Waals surface area contributed by atoms with Crippen LogP contribution in [0.4, 0.5) is 0 Å². The summed E-state index contributed by atoms with van der Waals surface area (Å²) in [7, 11) is -1.18. The van der Waals surface area contributed by atoms with Crippen molar-refractivity contribution in [2.75, 3.05) is 38.7 Å². The molecule has 1 aromatic carbocycles. The molecule has 6 nitrogen and oxygen atoms in total. The highest BCUT2D eigenvalue weighted by Gasteiger charge is 2.45. The highest BCUT2D eigenvalue weighted by atomic mass is 32.2. The molecule has 1 saturated carbocycles. The largest absolute Gasteiger partial charge is 0.356 e. The van der Waals surface area contributed by atoms with Crippen molar-refractivity contribution < 1.29 is 8.42 Å². The lowest BCUT2D eigenvalue weighted by Gasteiger charge is -2.26. The highest BCUT2D eigenvalue weighted by molar-refractivity contribution is 7.90. The lowest BCUT2D eigenvalue weighted by Crippen LogP contribution is -2.46. The van der Waals surface area contributed by atoms with Gasteiger partial charge in [0.25, 0.3) is 0 Å². The molecular formula is C20H32N4O2S. The van der Waals surface area contributed by atoms with Gasteiger partial charge in [-0.1, -0.05) is 30.3 Å². The van der Waals surface area contributed by atoms with Crippen LogP contribution in [0.1, 0.15) is 31.2 Å². The molecule has 0 spiro atoms. The van der Waals surface area contributed by atoms with E-state index >= 15 is 0 Å². The Morgan fingerprint density at radius 2 is 2.00 bits per heavy atom. The third-order valence-electron chi connectivity index (χ3n) is 5.61. The number of aliphatic imine (C=N–C) groups is 1. The van der Waals surface area contributed by atoms with Crippen LogP contribution in [0.3, 0.4) is 0 Å². The fourth-order valence-corrected chi connectivity index (χ4v) is 5.47. The quantitative estimate of drug-likeness (QED) is 0.520. The van der Waals surface area contributed by atoms with Crippen molar-refractivity contribution in [1.82, 2.24) is 15.5 Å². The zero-order valence-corrected chi connectivity index (χ0v) is 17.3. The summed E-state index contributed by atoms with van der Waals surface area (Å²) in [5, 5.41) is 6.78. The van der Waals surface area contributed by atoms with E-state index in [0.29, 0.717) is 12.6 Å². The molecule has 0 bridgehead atoms. The van der Waals surface area contributed by atoms with Gasteiger partial charge in [0.2, 0.25) is 0 Å². The standard InChI is InChI=1S/C20H32N4O2S/c1-21-19(23-15-20(10-11-20)16-27(2,25)26)22-13-18-9-6-12-24(18)14-17-7-4-3-5-8-17/h3-5,7-8,18H,6,9-16H2,1-2H3,(H2,21,22,23). The van der Waals surface area contributed by atoms with Gasteiger partial charge in [0.15, 0.2) is 5.96 Å². The van der Waals surface area contributed by atoms with Crippen molar-refractivity contribution in [3.05, 3.63) is 35.9 Å². The Morgan fingerprint density at radius 1 is 1.26 bits per heavy atom. The average molecular weight is 393 g/mol. The average Bonchev–Trinajstić information content (AvgIpc) is 3.23. The minimum absolute atomic E-state index is 0.0993. The number of nitrogens with zero attached hydrogens (tertiary/aromatic N) is 2. The molecule has 3 rings (SSSR count). The SMILES string of the molecule is CN=C(NCC1CCCN1Cc1ccccc1)NCC1(CS(C)(=O)=O)CC1. The Morgan fingerprint density at radius 3 is 2.63 bits per heavy atom. The van der Waals surface area contributed by atoms with E-state index in [1.165, 1.54) is 24.7 Å². The second kappa shape index (κ2) is 8.61. The Bertz CT molecular complexity index is 745. The zero-order chi connectivity index (χ0) is 19.3. The maximum Gasteiger partial charge on any atom is 0.191 e. The van der Waals surface area contributed by atoms with E-state index in [0.717, 1.165) is 38.4 Å². The van der Waals surface area contributed by atoms with Gasteiger partial charge in [-0.15, -0.1) is 0 Å². The Balaban J connectivity index is 1.46. The Kier molecular flexibility index (Phi) is 6.42. The van der Waals surface area contributed by atoms with Crippen LogP contribution in [0.2, 0.25) is 0 Å². The third kappa shape index (κ3) is 6.21. The van der Waals surface area contributed by atoms with Crippen molar-refractivity contribution in [2.24, 2.45) is 10.4 Å². The van der Waals surface area contributed by atoms with Gasteiger partial charge >= 0.3 is 0 Å². The zero-order valence-electron chi connectivity index (χ0n) is 16.4. The summed E-state index contributed by atoms with van der Waals surface area (Å²) in [4.78, 5) is 6.84. The molecule has 27 heavy (non-hydrogen) atoms. The first-order valence-electron chi connectivity index (χ1n) is 9.79. The van der Waals surface area contributed by atoms with E-state index < -0.39 is 9.84 Å². The van der Waals surface area contributed by atoms with Crippen molar-refractivity contribution >= 4 is 15.8 Å². The number of likely N-dealkylation sites (tertiary alicyclic amines) is 1. The molecule has 0 aromatic heterocycles. The van der Waals surface area contributed by atoms with Crippen molar-refractivity contribution in [3.8, 4) is 0 Å². The smallest absolute Gasteiger partial charge is 0.191 e. The van der Waals surface area contributed by atoms with Crippen LogP contribution in [0.15, 0.2) is 35.3 Å². The summed E-state index contributed by atoms with van der Waals surface area (Å²) < 4.78 is 23.2. The molecule has 1 aliphatic carbocycles. The lowest BCUT2D eigenvalue weighted by atomic mass is 10.1. The molecule has 1 saturated heterocycles. The van der Waals surface area contributed by atoms with Gasteiger partial charge in [-0.25, -0.2) is 8.42 Å². The van der Waals surface area contributed by atoms with E-state index in [-0.39, 0.29) is 11.2 Å². The van der Waals surface area contributed by atoms with E-state index in [1.54, 1.807) is 7.05 Å². The fourth-order valence-electron chi connectivity index (χ4n) is 3.96. The van der Waals surface area contributed by atoms with Gasteiger partial charge in [-0.3, -0.25) is 9.89 Å². The monoisotopic (exact) mass is 392 g/mol. The summed E-state index contributed by atoms with van der Waals surface area (Å²) in [6, 6.07) is 11.1. The minimum atomic E-state index is -2.94. The van der Waals surface area contributed by atoms with Crippen molar-refractivity contribution in [3.63, 3.8) is 0 Å². The lowest BCUT2D eigenvalue weighted by molar-refractivity contribution is 0.245. The van der Waals surface area contributed by atoms with E-state index in [2.05, 4.69) is 50.9 Å². The minimum Gasteiger partial charge on any atom is -0.356 e. The van der Waals surface area contributed by atoms with Gasteiger partial charge in [0.1, 0.15) is 9.84 Å².